The summed E-state index contributed by atoms with van der Waals surface area (Å²) in [5.41, 5.74) is 0.830. The van der Waals surface area contributed by atoms with E-state index in [9.17, 15) is 19.5 Å². The molecule has 3 amide bonds. The molecule has 7 rings (SSSR count). The number of likely N-dealkylation sites (tertiary alicyclic amines) is 1. The van der Waals surface area contributed by atoms with E-state index >= 15 is 0 Å². The van der Waals surface area contributed by atoms with Gasteiger partial charge in [0, 0.05) is 66.7 Å². The maximum atomic E-state index is 14.7. The fourth-order valence-electron chi connectivity index (χ4n) is 7.95. The van der Waals surface area contributed by atoms with Crippen LogP contribution in [0.1, 0.15) is 69.4 Å². The normalized spacial score (nSPS) is 21.1. The molecule has 3 saturated heterocycles. The van der Waals surface area contributed by atoms with E-state index in [0.29, 0.717) is 75.8 Å². The Kier molecular flexibility index (Phi) is 10.1. The van der Waals surface area contributed by atoms with Crippen molar-refractivity contribution in [2.75, 3.05) is 63.0 Å². The van der Waals surface area contributed by atoms with Gasteiger partial charge in [0.25, 0.3) is 5.91 Å². The SMILES string of the molecule is COCOc1cc(N2CCc3c(nc(OCC4(C)CCN(C(=O)OC(C)(C)C)CC4)nc3N3CC4CCC(C3)N4C(=O)O)C2=O)c2c(Br)cccc2c1. The van der Waals surface area contributed by atoms with Gasteiger partial charge in [0.15, 0.2) is 6.79 Å². The number of nitrogens with zero attached hydrogens (tertiary/aromatic N) is 6. The van der Waals surface area contributed by atoms with Crippen LogP contribution in [0.3, 0.4) is 0 Å². The summed E-state index contributed by atoms with van der Waals surface area (Å²) in [6, 6.07) is 9.39. The van der Waals surface area contributed by atoms with Gasteiger partial charge in [-0.25, -0.2) is 9.59 Å². The van der Waals surface area contributed by atoms with Crippen molar-refractivity contribution in [1.29, 1.82) is 0 Å². The standard InChI is InChI=1S/C38H47BrN6O8/c1-37(2,3)53-36(49)42-15-12-38(4,13-16-42)21-51-34-40-31-27(32(41-34)43-19-24-9-10-25(20-43)45(24)35(47)48)11-14-44(33(31)46)29-18-26(52-22-50-5)17-23-7-6-8-28(39)30(23)29/h6-8,17-18,24-25H,9-16,19-22H2,1-5H3,(H,47,48). The second kappa shape index (κ2) is 14.5. The number of carboxylic acid groups (broad SMARTS) is 1. The molecule has 1 aromatic heterocycles. The number of anilines is 2. The Morgan fingerprint density at radius 2 is 1.75 bits per heavy atom. The molecule has 14 nitrogen and oxygen atoms in total. The first-order chi connectivity index (χ1) is 25.2. The van der Waals surface area contributed by atoms with E-state index in [0.717, 1.165) is 33.7 Å². The molecule has 3 fully saturated rings. The Morgan fingerprint density at radius 1 is 1.04 bits per heavy atom. The molecule has 284 valence electrons. The number of methoxy groups -OCH3 is 1. The van der Waals surface area contributed by atoms with Crippen LogP contribution >= 0.6 is 15.9 Å². The Bertz CT molecular complexity index is 1900. The van der Waals surface area contributed by atoms with Crippen LogP contribution in [0.5, 0.6) is 11.8 Å². The Hall–Kier alpha value is -4.37. The Labute approximate surface area is 317 Å². The van der Waals surface area contributed by atoms with E-state index in [4.69, 9.17) is 28.9 Å². The summed E-state index contributed by atoms with van der Waals surface area (Å²) in [4.78, 5) is 56.4. The molecule has 3 aromatic rings. The second-order valence-corrected chi connectivity index (χ2v) is 16.6. The van der Waals surface area contributed by atoms with Gasteiger partial charge < -0.3 is 38.8 Å². The highest BCUT2D eigenvalue weighted by molar-refractivity contribution is 9.10. The summed E-state index contributed by atoms with van der Waals surface area (Å²) in [7, 11) is 1.56. The molecule has 53 heavy (non-hydrogen) atoms. The van der Waals surface area contributed by atoms with Crippen molar-refractivity contribution >= 4 is 56.3 Å². The molecule has 2 aromatic carbocycles. The molecule has 0 saturated carbocycles. The lowest BCUT2D eigenvalue weighted by Gasteiger charge is -2.41. The van der Waals surface area contributed by atoms with Gasteiger partial charge >= 0.3 is 18.2 Å². The summed E-state index contributed by atoms with van der Waals surface area (Å²) < 4.78 is 23.8. The van der Waals surface area contributed by atoms with Crippen LogP contribution in [0.4, 0.5) is 21.1 Å². The van der Waals surface area contributed by atoms with Crippen molar-refractivity contribution in [3.8, 4) is 11.8 Å². The molecule has 4 aliphatic rings. The third-order valence-electron chi connectivity index (χ3n) is 10.7. The molecular weight excluding hydrogens is 748 g/mol. The zero-order valence-corrected chi connectivity index (χ0v) is 32.5. The van der Waals surface area contributed by atoms with Crippen LogP contribution in [0.2, 0.25) is 0 Å². The highest BCUT2D eigenvalue weighted by Crippen LogP contribution is 2.41. The lowest BCUT2D eigenvalue weighted by atomic mass is 9.81. The van der Waals surface area contributed by atoms with E-state index in [-0.39, 0.29) is 48.0 Å². The molecular formula is C38H47BrN6O8. The number of halogens is 1. The first-order valence-corrected chi connectivity index (χ1v) is 19.0. The lowest BCUT2D eigenvalue weighted by molar-refractivity contribution is 0.00531. The third-order valence-corrected chi connectivity index (χ3v) is 11.3. The average molecular weight is 796 g/mol. The van der Waals surface area contributed by atoms with Gasteiger partial charge in [0.05, 0.1) is 24.4 Å². The first kappa shape index (κ1) is 37.0. The molecule has 2 atom stereocenters. The summed E-state index contributed by atoms with van der Waals surface area (Å²) in [5.74, 6) is 0.897. The van der Waals surface area contributed by atoms with Crippen LogP contribution in [0.15, 0.2) is 34.8 Å². The van der Waals surface area contributed by atoms with Crippen molar-refractivity contribution in [1.82, 2.24) is 19.8 Å². The number of hydrogen-bond donors (Lipinski definition) is 1. The van der Waals surface area contributed by atoms with E-state index < -0.39 is 11.7 Å². The largest absolute Gasteiger partial charge is 0.467 e. The van der Waals surface area contributed by atoms with Gasteiger partial charge in [-0.1, -0.05) is 35.0 Å². The van der Waals surface area contributed by atoms with Crippen LogP contribution < -0.4 is 19.3 Å². The molecule has 0 aliphatic carbocycles. The number of ether oxygens (including phenoxy) is 4. The quantitative estimate of drug-likeness (QED) is 0.256. The molecule has 2 unspecified atom stereocenters. The van der Waals surface area contributed by atoms with E-state index in [1.54, 1.807) is 21.8 Å². The fraction of sp³-hybridized carbons (Fsp3) is 0.553. The monoisotopic (exact) mass is 794 g/mol. The zero-order chi connectivity index (χ0) is 37.7. The number of rotatable bonds is 8. The van der Waals surface area contributed by atoms with Gasteiger partial charge in [-0.2, -0.15) is 9.97 Å². The fourth-order valence-corrected chi connectivity index (χ4v) is 8.54. The minimum Gasteiger partial charge on any atom is -0.467 e. The smallest absolute Gasteiger partial charge is 0.410 e. The molecule has 0 spiro atoms. The van der Waals surface area contributed by atoms with Gasteiger partial charge in [0.1, 0.15) is 22.9 Å². The second-order valence-electron chi connectivity index (χ2n) is 15.7. The number of amides is 3. The highest BCUT2D eigenvalue weighted by atomic mass is 79.9. The highest BCUT2D eigenvalue weighted by Gasteiger charge is 2.45. The van der Waals surface area contributed by atoms with Crippen molar-refractivity contribution < 1.29 is 38.4 Å². The third kappa shape index (κ3) is 7.55. The summed E-state index contributed by atoms with van der Waals surface area (Å²) in [6.45, 7) is 10.4. The number of hydrogen-bond acceptors (Lipinski definition) is 10. The number of fused-ring (bicyclic) bond motifs is 4. The topological polar surface area (TPSA) is 147 Å². The predicted octanol–water partition coefficient (Wildman–Crippen LogP) is 6.32. The number of piperazine rings is 1. The van der Waals surface area contributed by atoms with Crippen molar-refractivity contribution in [2.24, 2.45) is 5.41 Å². The van der Waals surface area contributed by atoms with E-state index in [2.05, 4.69) is 27.8 Å². The van der Waals surface area contributed by atoms with Gasteiger partial charge in [-0.3, -0.25) is 9.69 Å². The molecule has 0 radical (unpaired) electrons. The number of carbonyl (C=O) groups is 3. The summed E-state index contributed by atoms with van der Waals surface area (Å²) in [6.07, 6.45) is 2.20. The number of benzene rings is 2. The molecule has 5 heterocycles. The van der Waals surface area contributed by atoms with Crippen LogP contribution in [-0.2, 0) is 15.9 Å². The van der Waals surface area contributed by atoms with Crippen LogP contribution in [0.25, 0.3) is 10.8 Å². The molecule has 4 aliphatic heterocycles. The summed E-state index contributed by atoms with van der Waals surface area (Å²) in [5, 5.41) is 11.7. The Morgan fingerprint density at radius 3 is 2.42 bits per heavy atom. The lowest BCUT2D eigenvalue weighted by Crippen LogP contribution is -2.56. The minimum absolute atomic E-state index is 0.0576. The summed E-state index contributed by atoms with van der Waals surface area (Å²) >= 11 is 3.71. The van der Waals surface area contributed by atoms with Crippen molar-refractivity contribution in [2.45, 2.75) is 77.5 Å². The maximum Gasteiger partial charge on any atom is 0.410 e. The number of carbonyl (C=O) groups excluding carboxylic acids is 2. The van der Waals surface area contributed by atoms with Gasteiger partial charge in [0.2, 0.25) is 0 Å². The number of piperidine rings is 1. The molecule has 2 bridgehead atoms. The van der Waals surface area contributed by atoms with Gasteiger partial charge in [-0.15, -0.1) is 0 Å². The maximum absolute atomic E-state index is 14.7. The van der Waals surface area contributed by atoms with E-state index in [1.165, 1.54) is 0 Å². The molecule has 1 N–H and O–H groups in total. The van der Waals surface area contributed by atoms with Crippen LogP contribution in [-0.4, -0.2) is 114 Å². The Balaban J connectivity index is 1.20. The predicted molar refractivity (Wildman–Crippen MR) is 201 cm³/mol. The first-order valence-electron chi connectivity index (χ1n) is 18.2. The van der Waals surface area contributed by atoms with Crippen molar-refractivity contribution in [3.63, 3.8) is 0 Å². The number of aromatic nitrogens is 2. The van der Waals surface area contributed by atoms with E-state index in [1.807, 2.05) is 51.1 Å². The van der Waals surface area contributed by atoms with Gasteiger partial charge in [-0.05, 0) is 70.4 Å². The van der Waals surface area contributed by atoms with Crippen molar-refractivity contribution in [3.05, 3.63) is 46.1 Å². The average Bonchev–Trinajstić information content (AvgIpc) is 3.39. The minimum atomic E-state index is -0.905. The zero-order valence-electron chi connectivity index (χ0n) is 30.9. The molecule has 15 heteroatoms. The van der Waals surface area contributed by atoms with Crippen LogP contribution in [0, 0.1) is 5.41 Å².